The van der Waals surface area contributed by atoms with Crippen molar-refractivity contribution >= 4 is 56.6 Å². The van der Waals surface area contributed by atoms with Gasteiger partial charge in [-0.2, -0.15) is 0 Å². The van der Waals surface area contributed by atoms with Crippen LogP contribution in [0.25, 0.3) is 32.4 Å². The second kappa shape index (κ2) is 8.87. The Morgan fingerprint density at radius 3 is 2.47 bits per heavy atom. The smallest absolute Gasteiger partial charge is 0.423 e. The van der Waals surface area contributed by atoms with Crippen molar-refractivity contribution in [3.8, 4) is 11.4 Å². The van der Waals surface area contributed by atoms with Gasteiger partial charge in [0.25, 0.3) is 0 Å². The lowest BCUT2D eigenvalue weighted by Crippen LogP contribution is -2.31. The van der Waals surface area contributed by atoms with E-state index < -0.39 is 13.0 Å². The SMILES string of the molecule is Cc1sc2c(C(N)=O)cccc2c1-c1nc(NCc2ccccc2)c2cccc(B(O)O)c2n1. The summed E-state index contributed by atoms with van der Waals surface area (Å²) in [6, 6.07) is 20.6. The molecule has 0 bridgehead atoms. The Morgan fingerprint density at radius 1 is 1.00 bits per heavy atom. The number of primary amides is 1. The van der Waals surface area contributed by atoms with Crippen molar-refractivity contribution in [3.63, 3.8) is 0 Å². The highest BCUT2D eigenvalue weighted by molar-refractivity contribution is 7.20. The molecule has 0 radical (unpaired) electrons. The van der Waals surface area contributed by atoms with E-state index in [1.54, 1.807) is 24.3 Å². The molecule has 0 aliphatic carbocycles. The highest BCUT2D eigenvalue weighted by Crippen LogP contribution is 2.39. The summed E-state index contributed by atoms with van der Waals surface area (Å²) in [5.41, 5.74) is 8.65. The summed E-state index contributed by atoms with van der Waals surface area (Å²) in [5.74, 6) is 0.520. The summed E-state index contributed by atoms with van der Waals surface area (Å²) in [6.45, 7) is 2.48. The van der Waals surface area contributed by atoms with Crippen LogP contribution in [0.2, 0.25) is 0 Å². The number of nitrogens with two attached hydrogens (primary N) is 1. The van der Waals surface area contributed by atoms with E-state index in [1.165, 1.54) is 11.3 Å². The minimum atomic E-state index is -1.68. The first-order valence-electron chi connectivity index (χ1n) is 10.7. The normalized spacial score (nSPS) is 11.1. The number of nitrogens with one attached hydrogen (secondary N) is 1. The summed E-state index contributed by atoms with van der Waals surface area (Å²) >= 11 is 1.46. The minimum Gasteiger partial charge on any atom is -0.423 e. The molecule has 7 nitrogen and oxygen atoms in total. The van der Waals surface area contributed by atoms with E-state index in [-0.39, 0.29) is 0 Å². The van der Waals surface area contributed by atoms with Crippen molar-refractivity contribution in [1.29, 1.82) is 0 Å². The van der Waals surface area contributed by atoms with Gasteiger partial charge in [-0.1, -0.05) is 54.6 Å². The molecule has 34 heavy (non-hydrogen) atoms. The third-order valence-corrected chi connectivity index (χ3v) is 6.87. The van der Waals surface area contributed by atoms with Crippen LogP contribution in [-0.2, 0) is 6.54 Å². The zero-order valence-corrected chi connectivity index (χ0v) is 19.1. The molecule has 5 aromatic rings. The average Bonchev–Trinajstić information content (AvgIpc) is 3.18. The largest absolute Gasteiger partial charge is 0.490 e. The zero-order valence-electron chi connectivity index (χ0n) is 18.3. The van der Waals surface area contributed by atoms with Crippen molar-refractivity contribution in [3.05, 3.63) is 82.7 Å². The van der Waals surface area contributed by atoms with Crippen molar-refractivity contribution in [2.45, 2.75) is 13.5 Å². The van der Waals surface area contributed by atoms with E-state index in [2.05, 4.69) is 5.32 Å². The van der Waals surface area contributed by atoms with Crippen LogP contribution in [0.5, 0.6) is 0 Å². The Balaban J connectivity index is 1.73. The van der Waals surface area contributed by atoms with E-state index in [0.717, 1.165) is 26.1 Å². The van der Waals surface area contributed by atoms with Crippen LogP contribution in [0.1, 0.15) is 20.8 Å². The van der Waals surface area contributed by atoms with E-state index in [0.29, 0.717) is 40.1 Å². The molecule has 0 fully saturated rings. The lowest BCUT2D eigenvalue weighted by Gasteiger charge is -2.14. The Hall–Kier alpha value is -3.79. The van der Waals surface area contributed by atoms with Gasteiger partial charge < -0.3 is 21.1 Å². The van der Waals surface area contributed by atoms with Crippen LogP contribution in [0.4, 0.5) is 5.82 Å². The molecule has 0 spiro atoms. The second-order valence-electron chi connectivity index (χ2n) is 7.93. The van der Waals surface area contributed by atoms with Gasteiger partial charge in [0, 0.05) is 37.9 Å². The number of para-hydroxylation sites is 1. The molecule has 2 aromatic heterocycles. The molecule has 5 N–H and O–H groups in total. The Kier molecular flexibility index (Phi) is 5.75. The molecule has 0 atom stereocenters. The van der Waals surface area contributed by atoms with Gasteiger partial charge in [-0.25, -0.2) is 9.97 Å². The van der Waals surface area contributed by atoms with Crippen molar-refractivity contribution in [2.24, 2.45) is 5.73 Å². The van der Waals surface area contributed by atoms with E-state index in [9.17, 15) is 14.8 Å². The van der Waals surface area contributed by atoms with E-state index >= 15 is 0 Å². The van der Waals surface area contributed by atoms with Gasteiger partial charge in [-0.05, 0) is 24.6 Å². The Labute approximate surface area is 200 Å². The number of nitrogens with zero attached hydrogens (tertiary/aromatic N) is 2. The fourth-order valence-electron chi connectivity index (χ4n) is 4.12. The monoisotopic (exact) mass is 468 g/mol. The summed E-state index contributed by atoms with van der Waals surface area (Å²) in [5, 5.41) is 24.9. The van der Waals surface area contributed by atoms with Gasteiger partial charge in [-0.3, -0.25) is 4.79 Å². The summed E-state index contributed by atoms with van der Waals surface area (Å²) in [6.07, 6.45) is 0. The number of hydrogen-bond donors (Lipinski definition) is 4. The predicted molar refractivity (Wildman–Crippen MR) is 137 cm³/mol. The molecular weight excluding hydrogens is 447 g/mol. The molecule has 3 aromatic carbocycles. The topological polar surface area (TPSA) is 121 Å². The summed E-state index contributed by atoms with van der Waals surface area (Å²) in [7, 11) is -1.68. The zero-order chi connectivity index (χ0) is 23.8. The van der Waals surface area contributed by atoms with Crippen LogP contribution in [-0.4, -0.2) is 33.0 Å². The number of aromatic nitrogens is 2. The molecule has 0 saturated heterocycles. The van der Waals surface area contributed by atoms with Gasteiger partial charge in [-0.15, -0.1) is 11.3 Å². The van der Waals surface area contributed by atoms with Gasteiger partial charge in [0.2, 0.25) is 5.91 Å². The first-order valence-corrected chi connectivity index (χ1v) is 11.5. The number of carbonyl (C=O) groups is 1. The fraction of sp³-hybridized carbons (Fsp3) is 0.0800. The maximum atomic E-state index is 12.0. The number of amides is 1. The van der Waals surface area contributed by atoms with Crippen molar-refractivity contribution < 1.29 is 14.8 Å². The number of benzene rings is 3. The van der Waals surface area contributed by atoms with Crippen LogP contribution in [0.15, 0.2) is 66.7 Å². The Morgan fingerprint density at radius 2 is 1.74 bits per heavy atom. The fourth-order valence-corrected chi connectivity index (χ4v) is 5.29. The first-order chi connectivity index (χ1) is 16.4. The molecular formula is C25H21BN4O3S. The van der Waals surface area contributed by atoms with Crippen molar-refractivity contribution in [1.82, 2.24) is 9.97 Å². The highest BCUT2D eigenvalue weighted by Gasteiger charge is 2.22. The molecule has 0 saturated carbocycles. The van der Waals surface area contributed by atoms with E-state index in [4.69, 9.17) is 15.7 Å². The molecule has 5 rings (SSSR count). The third kappa shape index (κ3) is 3.90. The van der Waals surface area contributed by atoms with Crippen LogP contribution >= 0.6 is 11.3 Å². The van der Waals surface area contributed by atoms with Gasteiger partial charge in [0.05, 0.1) is 11.1 Å². The van der Waals surface area contributed by atoms with E-state index in [1.807, 2.05) is 49.4 Å². The first kappa shape index (κ1) is 22.0. The molecule has 1 amide bonds. The number of thiophene rings is 1. The van der Waals surface area contributed by atoms with Gasteiger partial charge in [0.15, 0.2) is 5.82 Å². The van der Waals surface area contributed by atoms with Crippen LogP contribution in [0, 0.1) is 6.92 Å². The quantitative estimate of drug-likeness (QED) is 0.284. The van der Waals surface area contributed by atoms with Crippen LogP contribution in [0.3, 0.4) is 0 Å². The molecule has 0 unspecified atom stereocenters. The number of rotatable bonds is 6. The Bertz CT molecular complexity index is 1540. The minimum absolute atomic E-state index is 0.291. The molecule has 9 heteroatoms. The number of anilines is 1. The standard InChI is InChI=1S/C25H21BN4O3S/c1-14-20(16-9-5-11-18(23(27)31)22(16)34-14)25-29-21-17(10-6-12-19(21)26(32)33)24(30-25)28-13-15-7-3-2-4-8-15/h2-12,32-33H,13H2,1H3,(H2,27,31)(H,28,29,30). The summed E-state index contributed by atoms with van der Waals surface area (Å²) in [4.78, 5) is 22.5. The molecule has 0 aliphatic heterocycles. The maximum Gasteiger partial charge on any atom is 0.490 e. The van der Waals surface area contributed by atoms with Crippen molar-refractivity contribution in [2.75, 3.05) is 5.32 Å². The van der Waals surface area contributed by atoms with Gasteiger partial charge in [0.1, 0.15) is 5.82 Å². The molecule has 2 heterocycles. The maximum absolute atomic E-state index is 12.0. The average molecular weight is 468 g/mol. The number of hydrogen-bond acceptors (Lipinski definition) is 7. The number of fused-ring (bicyclic) bond motifs is 2. The van der Waals surface area contributed by atoms with Crippen LogP contribution < -0.4 is 16.5 Å². The molecule has 0 aliphatic rings. The molecule has 168 valence electrons. The lowest BCUT2D eigenvalue weighted by atomic mass is 9.79. The number of carbonyl (C=O) groups excluding carboxylic acids is 1. The highest BCUT2D eigenvalue weighted by atomic mass is 32.1. The second-order valence-corrected chi connectivity index (χ2v) is 9.16. The lowest BCUT2D eigenvalue weighted by molar-refractivity contribution is 0.100. The third-order valence-electron chi connectivity index (χ3n) is 5.72. The predicted octanol–water partition coefficient (Wildman–Crippen LogP) is 3.21. The van der Waals surface area contributed by atoms with Gasteiger partial charge >= 0.3 is 7.12 Å². The number of aryl methyl sites for hydroxylation is 1. The summed E-state index contributed by atoms with van der Waals surface area (Å²) < 4.78 is 0.778.